The lowest BCUT2D eigenvalue weighted by Crippen LogP contribution is -2.31. The summed E-state index contributed by atoms with van der Waals surface area (Å²) in [5, 5.41) is 16.6. The standard InChI is InChI=1S/C19H26ClNOS.BrH/c1-13(8-17-10-15(12-23-17)19(2,3)4)21-11-18(22)14-6-5-7-16(20)9-14;/h5-7,9-10,12-13,18,21-22H,8,11H2,1-4H3;1H. The predicted octanol–water partition coefficient (Wildman–Crippen LogP) is 5.53. The van der Waals surface area contributed by atoms with Crippen LogP contribution in [0.4, 0.5) is 0 Å². The van der Waals surface area contributed by atoms with Crippen molar-refractivity contribution in [3.05, 3.63) is 56.7 Å². The molecule has 0 fully saturated rings. The molecule has 24 heavy (non-hydrogen) atoms. The van der Waals surface area contributed by atoms with Crippen LogP contribution in [-0.4, -0.2) is 17.7 Å². The van der Waals surface area contributed by atoms with Gasteiger partial charge in [-0.05, 0) is 53.5 Å². The summed E-state index contributed by atoms with van der Waals surface area (Å²) in [6, 6.07) is 10.0. The summed E-state index contributed by atoms with van der Waals surface area (Å²) < 4.78 is 0. The third kappa shape index (κ3) is 6.49. The van der Waals surface area contributed by atoms with Gasteiger partial charge in [0.25, 0.3) is 0 Å². The molecule has 1 aromatic heterocycles. The second kappa shape index (κ2) is 9.35. The zero-order valence-corrected chi connectivity index (χ0v) is 18.0. The highest BCUT2D eigenvalue weighted by Gasteiger charge is 2.16. The summed E-state index contributed by atoms with van der Waals surface area (Å²) in [7, 11) is 0. The molecule has 0 saturated heterocycles. The quantitative estimate of drug-likeness (QED) is 0.629. The van der Waals surface area contributed by atoms with Crippen LogP contribution in [0.1, 0.15) is 49.8 Å². The van der Waals surface area contributed by atoms with Gasteiger partial charge in [0, 0.05) is 22.5 Å². The van der Waals surface area contributed by atoms with E-state index in [1.165, 1.54) is 10.4 Å². The van der Waals surface area contributed by atoms with E-state index in [0.29, 0.717) is 17.6 Å². The minimum atomic E-state index is -0.537. The van der Waals surface area contributed by atoms with E-state index < -0.39 is 6.10 Å². The van der Waals surface area contributed by atoms with Crippen LogP contribution in [0.5, 0.6) is 0 Å². The van der Waals surface area contributed by atoms with Crippen molar-refractivity contribution in [2.75, 3.05) is 6.54 Å². The zero-order chi connectivity index (χ0) is 17.0. The van der Waals surface area contributed by atoms with E-state index in [-0.39, 0.29) is 22.4 Å². The second-order valence-corrected chi connectivity index (χ2v) is 8.57. The number of rotatable bonds is 6. The molecule has 0 amide bonds. The van der Waals surface area contributed by atoms with E-state index >= 15 is 0 Å². The molecular formula is C19H27BrClNOS. The van der Waals surface area contributed by atoms with Crippen molar-refractivity contribution in [2.24, 2.45) is 0 Å². The van der Waals surface area contributed by atoms with Crippen LogP contribution >= 0.6 is 39.9 Å². The predicted molar refractivity (Wildman–Crippen MR) is 111 cm³/mol. The van der Waals surface area contributed by atoms with Gasteiger partial charge in [0.15, 0.2) is 0 Å². The number of nitrogens with one attached hydrogen (secondary N) is 1. The summed E-state index contributed by atoms with van der Waals surface area (Å²) in [6.07, 6.45) is 0.438. The molecule has 5 heteroatoms. The molecular weight excluding hydrogens is 406 g/mol. The van der Waals surface area contributed by atoms with E-state index in [9.17, 15) is 5.11 Å². The zero-order valence-electron chi connectivity index (χ0n) is 14.7. The highest BCUT2D eigenvalue weighted by atomic mass is 79.9. The highest BCUT2D eigenvalue weighted by molar-refractivity contribution is 8.93. The van der Waals surface area contributed by atoms with Crippen molar-refractivity contribution in [1.29, 1.82) is 0 Å². The number of thiophene rings is 1. The van der Waals surface area contributed by atoms with Crippen molar-refractivity contribution in [3.8, 4) is 0 Å². The monoisotopic (exact) mass is 431 g/mol. The van der Waals surface area contributed by atoms with Crippen LogP contribution in [0.3, 0.4) is 0 Å². The molecule has 2 atom stereocenters. The van der Waals surface area contributed by atoms with Crippen LogP contribution < -0.4 is 5.32 Å². The van der Waals surface area contributed by atoms with Crippen LogP contribution in [0.15, 0.2) is 35.7 Å². The minimum absolute atomic E-state index is 0. The van der Waals surface area contributed by atoms with Crippen LogP contribution in [0.25, 0.3) is 0 Å². The van der Waals surface area contributed by atoms with Gasteiger partial charge in [-0.15, -0.1) is 28.3 Å². The fourth-order valence-corrected chi connectivity index (χ4v) is 3.84. The lowest BCUT2D eigenvalue weighted by Gasteiger charge is -2.18. The molecule has 0 aliphatic rings. The van der Waals surface area contributed by atoms with Gasteiger partial charge < -0.3 is 10.4 Å². The Hall–Kier alpha value is -0.390. The Kier molecular flexibility index (Phi) is 8.43. The molecule has 0 saturated carbocycles. The van der Waals surface area contributed by atoms with Gasteiger partial charge >= 0.3 is 0 Å². The average Bonchev–Trinajstić information content (AvgIpc) is 2.93. The lowest BCUT2D eigenvalue weighted by atomic mass is 9.89. The molecule has 0 aliphatic heterocycles. The van der Waals surface area contributed by atoms with Gasteiger partial charge in [0.05, 0.1) is 6.10 Å². The molecule has 2 unspecified atom stereocenters. The first-order valence-corrected chi connectivity index (χ1v) is 9.26. The molecule has 1 aromatic carbocycles. The molecule has 2 aromatic rings. The third-order valence-corrected chi connectivity index (χ3v) is 5.11. The van der Waals surface area contributed by atoms with Crippen molar-refractivity contribution < 1.29 is 5.11 Å². The normalized spacial score (nSPS) is 14.1. The molecule has 0 bridgehead atoms. The maximum atomic E-state index is 10.3. The van der Waals surface area contributed by atoms with Crippen molar-refractivity contribution >= 4 is 39.9 Å². The largest absolute Gasteiger partial charge is 0.387 e. The molecule has 2 nitrogen and oxygen atoms in total. The molecule has 0 spiro atoms. The highest BCUT2D eigenvalue weighted by Crippen LogP contribution is 2.27. The van der Waals surface area contributed by atoms with Gasteiger partial charge in [-0.2, -0.15) is 0 Å². The number of benzene rings is 1. The molecule has 0 aliphatic carbocycles. The Morgan fingerprint density at radius 2 is 1.96 bits per heavy atom. The van der Waals surface area contributed by atoms with Gasteiger partial charge in [0.1, 0.15) is 0 Å². The first kappa shape index (κ1) is 21.7. The van der Waals surface area contributed by atoms with E-state index in [1.54, 1.807) is 0 Å². The topological polar surface area (TPSA) is 32.3 Å². The summed E-state index contributed by atoms with van der Waals surface area (Å²) >= 11 is 7.79. The van der Waals surface area contributed by atoms with Gasteiger partial charge in [-0.25, -0.2) is 0 Å². The van der Waals surface area contributed by atoms with Crippen LogP contribution in [-0.2, 0) is 11.8 Å². The lowest BCUT2D eigenvalue weighted by molar-refractivity contribution is 0.170. The number of aliphatic hydroxyl groups excluding tert-OH is 1. The van der Waals surface area contributed by atoms with Gasteiger partial charge in [0.2, 0.25) is 0 Å². The Morgan fingerprint density at radius 1 is 1.25 bits per heavy atom. The van der Waals surface area contributed by atoms with E-state index in [1.807, 2.05) is 35.6 Å². The Labute approximate surface area is 165 Å². The second-order valence-electron chi connectivity index (χ2n) is 7.14. The van der Waals surface area contributed by atoms with Crippen LogP contribution in [0.2, 0.25) is 5.02 Å². The summed E-state index contributed by atoms with van der Waals surface area (Å²) in [5.74, 6) is 0. The van der Waals surface area contributed by atoms with E-state index in [4.69, 9.17) is 11.6 Å². The first-order chi connectivity index (χ1) is 10.8. The summed E-state index contributed by atoms with van der Waals surface area (Å²) in [6.45, 7) is 9.39. The molecule has 2 N–H and O–H groups in total. The maximum absolute atomic E-state index is 10.3. The maximum Gasteiger partial charge on any atom is 0.0914 e. The third-order valence-electron chi connectivity index (χ3n) is 3.92. The fraction of sp³-hybridized carbons (Fsp3) is 0.474. The summed E-state index contributed by atoms with van der Waals surface area (Å²) in [4.78, 5) is 1.38. The average molecular weight is 433 g/mol. The molecule has 1 heterocycles. The van der Waals surface area contributed by atoms with Crippen molar-refractivity contribution in [1.82, 2.24) is 5.32 Å². The first-order valence-electron chi connectivity index (χ1n) is 8.00. The number of halogens is 2. The van der Waals surface area contributed by atoms with Gasteiger partial charge in [-0.1, -0.05) is 44.5 Å². The smallest absolute Gasteiger partial charge is 0.0914 e. The van der Waals surface area contributed by atoms with E-state index in [2.05, 4.69) is 44.5 Å². The summed E-state index contributed by atoms with van der Waals surface area (Å²) in [5.41, 5.74) is 2.45. The Morgan fingerprint density at radius 3 is 2.54 bits per heavy atom. The molecule has 134 valence electrons. The van der Waals surface area contributed by atoms with Gasteiger partial charge in [-0.3, -0.25) is 0 Å². The number of hydrogen-bond donors (Lipinski definition) is 2. The molecule has 0 radical (unpaired) electrons. The Balaban J connectivity index is 0.00000288. The van der Waals surface area contributed by atoms with Crippen molar-refractivity contribution in [2.45, 2.75) is 51.7 Å². The number of aliphatic hydroxyl groups is 1. The van der Waals surface area contributed by atoms with Crippen LogP contribution in [0, 0.1) is 0 Å². The van der Waals surface area contributed by atoms with Crippen molar-refractivity contribution in [3.63, 3.8) is 0 Å². The number of hydrogen-bond acceptors (Lipinski definition) is 3. The SMILES string of the molecule is Br.CC(Cc1cc(C(C)(C)C)cs1)NCC(O)c1cccc(Cl)c1. The molecule has 2 rings (SSSR count). The minimum Gasteiger partial charge on any atom is -0.387 e. The Bertz CT molecular complexity index is 638. The van der Waals surface area contributed by atoms with E-state index in [0.717, 1.165) is 12.0 Å². The fourth-order valence-electron chi connectivity index (χ4n) is 2.40.